The van der Waals surface area contributed by atoms with Crippen molar-refractivity contribution in [1.82, 2.24) is 9.88 Å². The molecule has 0 unspecified atom stereocenters. The highest BCUT2D eigenvalue weighted by molar-refractivity contribution is 5.93. The van der Waals surface area contributed by atoms with E-state index >= 15 is 0 Å². The molecule has 6 heteroatoms. The number of amides is 1. The lowest BCUT2D eigenvalue weighted by molar-refractivity contribution is 0.0371. The Balaban J connectivity index is 2.81. The number of carbonyl (C=O) groups excluding carboxylic acids is 1. The van der Waals surface area contributed by atoms with Crippen molar-refractivity contribution in [2.75, 3.05) is 19.8 Å². The lowest BCUT2D eigenvalue weighted by atomic mass is 10.0. The van der Waals surface area contributed by atoms with Gasteiger partial charge in [-0.25, -0.2) is 0 Å². The molecule has 0 aliphatic rings. The van der Waals surface area contributed by atoms with Crippen molar-refractivity contribution in [2.45, 2.75) is 5.54 Å². The van der Waals surface area contributed by atoms with Gasteiger partial charge in [-0.15, -0.1) is 0 Å². The molecule has 0 aliphatic heterocycles. The molecule has 1 aromatic rings. The van der Waals surface area contributed by atoms with E-state index in [-0.39, 0.29) is 0 Å². The van der Waals surface area contributed by atoms with E-state index in [2.05, 4.69) is 5.32 Å². The van der Waals surface area contributed by atoms with Crippen molar-refractivity contribution in [3.63, 3.8) is 0 Å². The molecule has 1 heterocycles. The van der Waals surface area contributed by atoms with Crippen LogP contribution in [0.3, 0.4) is 0 Å². The van der Waals surface area contributed by atoms with Gasteiger partial charge in [-0.05, 0) is 12.1 Å². The molecule has 16 heavy (non-hydrogen) atoms. The minimum absolute atomic E-state index is 0.389. The summed E-state index contributed by atoms with van der Waals surface area (Å²) < 4.78 is 1.60. The van der Waals surface area contributed by atoms with Crippen LogP contribution in [0, 0.1) is 0 Å². The second-order valence-electron chi connectivity index (χ2n) is 3.71. The smallest absolute Gasteiger partial charge is 0.268 e. The summed E-state index contributed by atoms with van der Waals surface area (Å²) in [7, 11) is 1.70. The number of hydrogen-bond donors (Lipinski definition) is 4. The van der Waals surface area contributed by atoms with Crippen LogP contribution in [0.5, 0.6) is 0 Å². The molecule has 0 bridgehead atoms. The molecule has 0 fully saturated rings. The molecule has 1 rings (SSSR count). The maximum atomic E-state index is 11.8. The summed E-state index contributed by atoms with van der Waals surface area (Å²) in [5.74, 6) is -0.454. The highest BCUT2D eigenvalue weighted by atomic mass is 16.3. The maximum Gasteiger partial charge on any atom is 0.268 e. The molecule has 1 amide bonds. The van der Waals surface area contributed by atoms with Crippen molar-refractivity contribution in [2.24, 2.45) is 7.05 Å². The van der Waals surface area contributed by atoms with E-state index in [9.17, 15) is 4.79 Å². The van der Waals surface area contributed by atoms with Gasteiger partial charge >= 0.3 is 0 Å². The van der Waals surface area contributed by atoms with Gasteiger partial charge in [0.1, 0.15) is 11.2 Å². The Hall–Kier alpha value is -1.37. The summed E-state index contributed by atoms with van der Waals surface area (Å²) in [5, 5.41) is 29.6. The third-order valence-electron chi connectivity index (χ3n) is 2.46. The lowest BCUT2D eigenvalue weighted by Crippen LogP contribution is -2.57. The summed E-state index contributed by atoms with van der Waals surface area (Å²) in [6, 6.07) is 3.31. The van der Waals surface area contributed by atoms with Crippen molar-refractivity contribution < 1.29 is 20.1 Å². The van der Waals surface area contributed by atoms with Gasteiger partial charge in [-0.1, -0.05) is 0 Å². The Morgan fingerprint density at radius 3 is 2.31 bits per heavy atom. The van der Waals surface area contributed by atoms with E-state index in [4.69, 9.17) is 15.3 Å². The van der Waals surface area contributed by atoms with Crippen LogP contribution in [-0.2, 0) is 7.05 Å². The number of nitrogens with one attached hydrogen (secondary N) is 1. The fourth-order valence-corrected chi connectivity index (χ4v) is 1.27. The molecule has 0 saturated heterocycles. The fourth-order valence-electron chi connectivity index (χ4n) is 1.27. The first-order chi connectivity index (χ1) is 7.58. The number of aliphatic hydroxyl groups excluding tert-OH is 3. The summed E-state index contributed by atoms with van der Waals surface area (Å²) in [5.41, 5.74) is -0.999. The molecule has 0 aliphatic carbocycles. The minimum Gasteiger partial charge on any atom is -0.394 e. The Labute approximate surface area is 93.1 Å². The van der Waals surface area contributed by atoms with Crippen LogP contribution in [-0.4, -0.2) is 51.2 Å². The molecule has 0 aromatic carbocycles. The Kier molecular flexibility index (Phi) is 4.05. The van der Waals surface area contributed by atoms with Crippen molar-refractivity contribution in [3.05, 3.63) is 24.0 Å². The third kappa shape index (κ3) is 2.41. The first-order valence-corrected chi connectivity index (χ1v) is 4.85. The topological polar surface area (TPSA) is 94.7 Å². The number of aromatic nitrogens is 1. The number of hydrogen-bond acceptors (Lipinski definition) is 4. The van der Waals surface area contributed by atoms with Gasteiger partial charge in [-0.3, -0.25) is 4.79 Å². The van der Waals surface area contributed by atoms with E-state index in [0.717, 1.165) is 0 Å². The Bertz CT molecular complexity index is 349. The minimum atomic E-state index is -1.39. The average Bonchev–Trinajstić information content (AvgIpc) is 2.72. The zero-order chi connectivity index (χ0) is 12.2. The number of carbonyl (C=O) groups is 1. The molecule has 4 N–H and O–H groups in total. The SMILES string of the molecule is Cn1cccc1C(=O)NC(CO)(CO)CO. The van der Waals surface area contributed by atoms with Crippen LogP contribution < -0.4 is 5.32 Å². The van der Waals surface area contributed by atoms with Crippen molar-refractivity contribution >= 4 is 5.91 Å². The van der Waals surface area contributed by atoms with Gasteiger partial charge in [0.2, 0.25) is 0 Å². The van der Waals surface area contributed by atoms with Gasteiger partial charge in [0.25, 0.3) is 5.91 Å². The van der Waals surface area contributed by atoms with E-state index in [1.54, 1.807) is 29.9 Å². The average molecular weight is 228 g/mol. The van der Waals surface area contributed by atoms with Crippen molar-refractivity contribution in [1.29, 1.82) is 0 Å². The van der Waals surface area contributed by atoms with E-state index in [1.807, 2.05) is 0 Å². The molecule has 0 spiro atoms. The zero-order valence-corrected chi connectivity index (χ0v) is 9.05. The number of nitrogens with zero attached hydrogens (tertiary/aromatic N) is 1. The summed E-state index contributed by atoms with van der Waals surface area (Å²) in [6.07, 6.45) is 1.70. The quantitative estimate of drug-likeness (QED) is 0.492. The Morgan fingerprint density at radius 2 is 1.94 bits per heavy atom. The number of aryl methyl sites for hydroxylation is 1. The highest BCUT2D eigenvalue weighted by Crippen LogP contribution is 2.06. The van der Waals surface area contributed by atoms with Gasteiger partial charge in [0.15, 0.2) is 0 Å². The van der Waals surface area contributed by atoms with Crippen LogP contribution in [0.4, 0.5) is 0 Å². The second-order valence-corrected chi connectivity index (χ2v) is 3.71. The van der Waals surface area contributed by atoms with E-state index in [0.29, 0.717) is 5.69 Å². The van der Waals surface area contributed by atoms with Crippen LogP contribution in [0.15, 0.2) is 18.3 Å². The summed E-state index contributed by atoms with van der Waals surface area (Å²) >= 11 is 0. The molecule has 90 valence electrons. The van der Waals surface area contributed by atoms with Crippen molar-refractivity contribution in [3.8, 4) is 0 Å². The van der Waals surface area contributed by atoms with E-state index in [1.165, 1.54) is 0 Å². The van der Waals surface area contributed by atoms with Crippen LogP contribution in [0.2, 0.25) is 0 Å². The predicted molar refractivity (Wildman–Crippen MR) is 56.9 cm³/mol. The van der Waals surface area contributed by atoms with Gasteiger partial charge in [0.05, 0.1) is 19.8 Å². The molecular weight excluding hydrogens is 212 g/mol. The van der Waals surface area contributed by atoms with Gasteiger partial charge in [0, 0.05) is 13.2 Å². The zero-order valence-electron chi connectivity index (χ0n) is 9.05. The van der Waals surface area contributed by atoms with Crippen LogP contribution >= 0.6 is 0 Å². The maximum absolute atomic E-state index is 11.8. The number of rotatable bonds is 5. The normalized spacial score (nSPS) is 11.5. The first kappa shape index (κ1) is 12.7. The van der Waals surface area contributed by atoms with Crippen LogP contribution in [0.1, 0.15) is 10.5 Å². The van der Waals surface area contributed by atoms with Gasteiger partial charge < -0.3 is 25.2 Å². The standard InChI is InChI=1S/C10H16N2O4/c1-12-4-2-3-8(12)9(16)11-10(5-13,6-14)7-15/h2-4,13-15H,5-7H2,1H3,(H,11,16). The monoisotopic (exact) mass is 228 g/mol. The molecule has 0 saturated carbocycles. The molecule has 0 atom stereocenters. The predicted octanol–water partition coefficient (Wildman–Crippen LogP) is -1.53. The molecule has 6 nitrogen and oxygen atoms in total. The summed E-state index contributed by atoms with van der Waals surface area (Å²) in [4.78, 5) is 11.8. The fraction of sp³-hybridized carbons (Fsp3) is 0.500. The van der Waals surface area contributed by atoms with Crippen LogP contribution in [0.25, 0.3) is 0 Å². The molecular formula is C10H16N2O4. The Morgan fingerprint density at radius 1 is 1.38 bits per heavy atom. The summed E-state index contributed by atoms with van der Waals surface area (Å²) in [6.45, 7) is -1.59. The largest absolute Gasteiger partial charge is 0.394 e. The number of aliphatic hydroxyl groups is 3. The third-order valence-corrected chi connectivity index (χ3v) is 2.46. The van der Waals surface area contributed by atoms with E-state index < -0.39 is 31.3 Å². The molecule has 1 aromatic heterocycles. The first-order valence-electron chi connectivity index (χ1n) is 4.85. The highest BCUT2D eigenvalue weighted by Gasteiger charge is 2.30. The lowest BCUT2D eigenvalue weighted by Gasteiger charge is -2.28. The van der Waals surface area contributed by atoms with Gasteiger partial charge in [-0.2, -0.15) is 0 Å². The second kappa shape index (κ2) is 5.11. The molecule has 0 radical (unpaired) electrons.